The van der Waals surface area contributed by atoms with Crippen LogP contribution in [0.15, 0.2) is 42.5 Å². The molecule has 30 heavy (non-hydrogen) atoms. The molecule has 2 heterocycles. The highest BCUT2D eigenvalue weighted by atomic mass is 127. The quantitative estimate of drug-likeness (QED) is 0.440. The minimum atomic E-state index is -0.524. The molecule has 0 amide bonds. The van der Waals surface area contributed by atoms with E-state index in [9.17, 15) is 9.90 Å². The molecule has 160 valence electrons. The summed E-state index contributed by atoms with van der Waals surface area (Å²) in [5.74, 6) is 1.05. The molecular formula is C22H24INO6. The van der Waals surface area contributed by atoms with Gasteiger partial charge >= 0.3 is 5.97 Å². The molecule has 2 aromatic carbocycles. The van der Waals surface area contributed by atoms with Gasteiger partial charge in [0.05, 0.1) is 29.7 Å². The lowest BCUT2D eigenvalue weighted by Gasteiger charge is -2.22. The van der Waals surface area contributed by atoms with Gasteiger partial charge in [-0.05, 0) is 53.3 Å². The average molecular weight is 525 g/mol. The number of fused-ring (bicyclic) bond motifs is 1. The highest BCUT2D eigenvalue weighted by molar-refractivity contribution is 14.1. The molecule has 7 nitrogen and oxygen atoms in total. The van der Waals surface area contributed by atoms with E-state index in [0.717, 1.165) is 26.2 Å². The minimum absolute atomic E-state index is 0.161. The lowest BCUT2D eigenvalue weighted by atomic mass is 9.93. The van der Waals surface area contributed by atoms with Crippen LogP contribution in [0.4, 0.5) is 0 Å². The number of aliphatic hydroxyl groups is 1. The molecule has 8 heteroatoms. The monoisotopic (exact) mass is 525 g/mol. The van der Waals surface area contributed by atoms with E-state index in [4.69, 9.17) is 19.0 Å². The van der Waals surface area contributed by atoms with Crippen molar-refractivity contribution in [3.63, 3.8) is 0 Å². The summed E-state index contributed by atoms with van der Waals surface area (Å²) in [4.78, 5) is 18.3. The maximum atomic E-state index is 12.4. The summed E-state index contributed by atoms with van der Waals surface area (Å²) < 4.78 is 17.7. The van der Waals surface area contributed by atoms with Crippen LogP contribution in [0.1, 0.15) is 18.1 Å². The van der Waals surface area contributed by atoms with Crippen molar-refractivity contribution in [1.29, 1.82) is 0 Å². The first-order valence-electron chi connectivity index (χ1n) is 9.79. The fourth-order valence-electron chi connectivity index (χ4n) is 4.05. The minimum Gasteiger partial charge on any atom is -0.497 e. The summed E-state index contributed by atoms with van der Waals surface area (Å²) in [6.45, 7) is 2.44. The van der Waals surface area contributed by atoms with E-state index in [1.807, 2.05) is 49.4 Å². The Labute approximate surface area is 189 Å². The molecule has 0 saturated carbocycles. The Kier molecular flexibility index (Phi) is 6.47. The van der Waals surface area contributed by atoms with Crippen molar-refractivity contribution < 1.29 is 28.9 Å². The van der Waals surface area contributed by atoms with Gasteiger partial charge in [0.2, 0.25) is 0 Å². The van der Waals surface area contributed by atoms with Crippen LogP contribution in [0.2, 0.25) is 0 Å². The molecule has 0 spiro atoms. The lowest BCUT2D eigenvalue weighted by Crippen LogP contribution is -2.35. The number of benzene rings is 2. The largest absolute Gasteiger partial charge is 0.497 e. The molecule has 4 rings (SSSR count). The van der Waals surface area contributed by atoms with E-state index in [1.165, 1.54) is 0 Å². The van der Waals surface area contributed by atoms with Gasteiger partial charge in [0, 0.05) is 5.56 Å². The second kappa shape index (κ2) is 9.09. The molecule has 0 unspecified atom stereocenters. The molecule has 4 atom stereocenters. The first-order valence-corrected chi connectivity index (χ1v) is 10.9. The standard InChI is InChI=1S/C22H24INO6/c1-13-19-18(11-25)30-24(20(19)22(26)29-13)10-15-4-3-5-17(23)21(15)28-12-14-6-8-16(27-2)9-7-14/h3-9,13,18-20,25H,10-12H2,1-2H3/t13-,18-,19+,20-/m0/s1. The number of cyclic esters (lactones) is 1. The van der Waals surface area contributed by atoms with E-state index >= 15 is 0 Å². The molecule has 0 aliphatic carbocycles. The van der Waals surface area contributed by atoms with Crippen LogP contribution in [0.3, 0.4) is 0 Å². The van der Waals surface area contributed by atoms with Gasteiger partial charge in [-0.1, -0.05) is 24.3 Å². The van der Waals surface area contributed by atoms with E-state index in [1.54, 1.807) is 12.2 Å². The van der Waals surface area contributed by atoms with Crippen molar-refractivity contribution in [2.45, 2.75) is 38.3 Å². The van der Waals surface area contributed by atoms with Crippen molar-refractivity contribution in [2.24, 2.45) is 5.92 Å². The summed E-state index contributed by atoms with van der Waals surface area (Å²) in [5, 5.41) is 11.3. The predicted octanol–water partition coefficient (Wildman–Crippen LogP) is 2.92. The topological polar surface area (TPSA) is 77.5 Å². The maximum absolute atomic E-state index is 12.4. The Morgan fingerprint density at radius 3 is 2.67 bits per heavy atom. The van der Waals surface area contributed by atoms with E-state index in [2.05, 4.69) is 22.6 Å². The summed E-state index contributed by atoms with van der Waals surface area (Å²) in [7, 11) is 1.64. The number of rotatable bonds is 7. The summed E-state index contributed by atoms with van der Waals surface area (Å²) >= 11 is 2.24. The number of carbonyl (C=O) groups is 1. The Morgan fingerprint density at radius 2 is 1.97 bits per heavy atom. The Hall–Kier alpha value is -1.88. The fraction of sp³-hybridized carbons (Fsp3) is 0.409. The second-order valence-corrected chi connectivity index (χ2v) is 8.59. The average Bonchev–Trinajstić information content (AvgIpc) is 3.26. The number of halogens is 1. The normalized spacial score (nSPS) is 25.8. The zero-order chi connectivity index (χ0) is 21.3. The van der Waals surface area contributed by atoms with Gasteiger partial charge in [0.25, 0.3) is 0 Å². The van der Waals surface area contributed by atoms with Gasteiger partial charge < -0.3 is 19.3 Å². The van der Waals surface area contributed by atoms with Crippen LogP contribution in [-0.2, 0) is 27.5 Å². The SMILES string of the molecule is COc1ccc(COc2c(I)cccc2CN2O[C@@H](CO)[C@H]3[C@H](C)OC(=O)[C@H]32)cc1. The van der Waals surface area contributed by atoms with E-state index in [0.29, 0.717) is 13.2 Å². The van der Waals surface area contributed by atoms with E-state index < -0.39 is 12.1 Å². The molecule has 2 aromatic rings. The third-order valence-electron chi connectivity index (χ3n) is 5.56. The smallest absolute Gasteiger partial charge is 0.326 e. The molecule has 2 fully saturated rings. The van der Waals surface area contributed by atoms with Crippen LogP contribution < -0.4 is 9.47 Å². The first kappa shape index (κ1) is 21.4. The first-order chi connectivity index (χ1) is 14.5. The van der Waals surface area contributed by atoms with Gasteiger partial charge in [-0.25, -0.2) is 0 Å². The van der Waals surface area contributed by atoms with Gasteiger partial charge in [-0.3, -0.25) is 9.63 Å². The molecule has 2 saturated heterocycles. The van der Waals surface area contributed by atoms with Gasteiger partial charge in [-0.2, -0.15) is 5.06 Å². The Balaban J connectivity index is 1.52. The molecule has 2 aliphatic heterocycles. The molecule has 1 N–H and O–H groups in total. The Morgan fingerprint density at radius 1 is 1.20 bits per heavy atom. The number of hydroxylamine groups is 2. The van der Waals surface area contributed by atoms with Gasteiger partial charge in [-0.15, -0.1) is 0 Å². The maximum Gasteiger partial charge on any atom is 0.326 e. The van der Waals surface area contributed by atoms with Crippen molar-refractivity contribution in [3.05, 3.63) is 57.2 Å². The number of carbonyl (C=O) groups excluding carboxylic acids is 1. The van der Waals surface area contributed by atoms with Gasteiger partial charge in [0.1, 0.15) is 36.4 Å². The molecular weight excluding hydrogens is 501 g/mol. The van der Waals surface area contributed by atoms with Crippen LogP contribution in [-0.4, -0.2) is 48.1 Å². The van der Waals surface area contributed by atoms with E-state index in [-0.39, 0.29) is 24.6 Å². The van der Waals surface area contributed by atoms with Crippen LogP contribution >= 0.6 is 22.6 Å². The number of ether oxygens (including phenoxy) is 3. The van der Waals surface area contributed by atoms with Crippen molar-refractivity contribution in [1.82, 2.24) is 5.06 Å². The third-order valence-corrected chi connectivity index (χ3v) is 6.41. The number of methoxy groups -OCH3 is 1. The van der Waals surface area contributed by atoms with Crippen LogP contribution in [0, 0.1) is 9.49 Å². The molecule has 2 aliphatic rings. The predicted molar refractivity (Wildman–Crippen MR) is 117 cm³/mol. The fourth-order valence-corrected chi connectivity index (χ4v) is 4.76. The highest BCUT2D eigenvalue weighted by Gasteiger charge is 2.56. The summed E-state index contributed by atoms with van der Waals surface area (Å²) in [6.07, 6.45) is -0.741. The van der Waals surface area contributed by atoms with Gasteiger partial charge in [0.15, 0.2) is 0 Å². The number of nitrogens with zero attached hydrogens (tertiary/aromatic N) is 1. The molecule has 0 radical (unpaired) electrons. The zero-order valence-electron chi connectivity index (χ0n) is 16.8. The Bertz CT molecular complexity index is 905. The molecule has 0 bridgehead atoms. The second-order valence-electron chi connectivity index (χ2n) is 7.43. The molecule has 0 aromatic heterocycles. The number of para-hydroxylation sites is 1. The summed E-state index contributed by atoms with van der Waals surface area (Å²) in [5.41, 5.74) is 1.92. The number of esters is 1. The van der Waals surface area contributed by atoms with Crippen LogP contribution in [0.25, 0.3) is 0 Å². The van der Waals surface area contributed by atoms with Crippen LogP contribution in [0.5, 0.6) is 11.5 Å². The van der Waals surface area contributed by atoms with Crippen molar-refractivity contribution in [2.75, 3.05) is 13.7 Å². The highest BCUT2D eigenvalue weighted by Crippen LogP contribution is 2.39. The third kappa shape index (κ3) is 4.14. The van der Waals surface area contributed by atoms with Crippen molar-refractivity contribution >= 4 is 28.6 Å². The number of aliphatic hydroxyl groups excluding tert-OH is 1. The zero-order valence-corrected chi connectivity index (χ0v) is 18.9. The number of hydrogen-bond donors (Lipinski definition) is 1. The number of hydrogen-bond acceptors (Lipinski definition) is 7. The lowest BCUT2D eigenvalue weighted by molar-refractivity contribution is -0.195. The van der Waals surface area contributed by atoms with Crippen molar-refractivity contribution in [3.8, 4) is 11.5 Å². The summed E-state index contributed by atoms with van der Waals surface area (Å²) in [6, 6.07) is 13.1.